The van der Waals surface area contributed by atoms with Crippen LogP contribution in [0.2, 0.25) is 0 Å². The second-order valence-electron chi connectivity index (χ2n) is 5.21. The van der Waals surface area contributed by atoms with E-state index in [9.17, 15) is 4.79 Å². The van der Waals surface area contributed by atoms with Gasteiger partial charge in [-0.2, -0.15) is 0 Å². The first-order valence-electron chi connectivity index (χ1n) is 7.61. The number of benzene rings is 1. The number of hydrogen-bond donors (Lipinski definition) is 0. The summed E-state index contributed by atoms with van der Waals surface area (Å²) >= 11 is 3.46. The first kappa shape index (κ1) is 17.2. The third-order valence-corrected chi connectivity index (χ3v) is 3.86. The number of carbonyl (C=O) groups excluding carboxylic acids is 1. The van der Waals surface area contributed by atoms with Gasteiger partial charge in [0.15, 0.2) is 0 Å². The van der Waals surface area contributed by atoms with E-state index in [0.29, 0.717) is 5.91 Å². The summed E-state index contributed by atoms with van der Waals surface area (Å²) in [7, 11) is 0. The molecule has 3 heteroatoms. The van der Waals surface area contributed by atoms with Gasteiger partial charge in [0.1, 0.15) is 0 Å². The molecule has 2 nitrogen and oxygen atoms in total. The van der Waals surface area contributed by atoms with Gasteiger partial charge in [-0.1, -0.05) is 73.0 Å². The van der Waals surface area contributed by atoms with Crippen molar-refractivity contribution in [2.45, 2.75) is 46.1 Å². The molecule has 0 N–H and O–H groups in total. The van der Waals surface area contributed by atoms with Crippen LogP contribution in [0, 0.1) is 5.92 Å². The SMILES string of the molecule is CCCC(CCC)C(=O)N(CCBr)Cc1ccccc1. The minimum Gasteiger partial charge on any atom is -0.337 e. The molecular formula is C17H26BrNO. The van der Waals surface area contributed by atoms with Crippen molar-refractivity contribution in [3.63, 3.8) is 0 Å². The molecule has 0 atom stereocenters. The van der Waals surface area contributed by atoms with Crippen LogP contribution in [-0.4, -0.2) is 22.7 Å². The Bertz CT molecular complexity index is 374. The summed E-state index contributed by atoms with van der Waals surface area (Å²) in [5.74, 6) is 0.504. The molecule has 1 aromatic rings. The number of hydrogen-bond acceptors (Lipinski definition) is 1. The molecule has 1 aromatic carbocycles. The summed E-state index contributed by atoms with van der Waals surface area (Å²) in [5.41, 5.74) is 1.20. The van der Waals surface area contributed by atoms with Gasteiger partial charge in [0.05, 0.1) is 0 Å². The standard InChI is InChI=1S/C17H26BrNO/c1-3-8-16(9-4-2)17(20)19(13-12-18)14-15-10-6-5-7-11-15/h5-7,10-11,16H,3-4,8-9,12-14H2,1-2H3. The molecule has 0 bridgehead atoms. The lowest BCUT2D eigenvalue weighted by molar-refractivity contribution is -0.136. The first-order chi connectivity index (χ1) is 9.72. The van der Waals surface area contributed by atoms with Crippen molar-refractivity contribution in [1.82, 2.24) is 4.90 Å². The van der Waals surface area contributed by atoms with Crippen LogP contribution in [0.25, 0.3) is 0 Å². The highest BCUT2D eigenvalue weighted by Gasteiger charge is 2.22. The number of alkyl halides is 1. The minimum absolute atomic E-state index is 0.188. The molecule has 0 aliphatic heterocycles. The van der Waals surface area contributed by atoms with Crippen molar-refractivity contribution in [1.29, 1.82) is 0 Å². The number of amides is 1. The van der Waals surface area contributed by atoms with Crippen LogP contribution < -0.4 is 0 Å². The smallest absolute Gasteiger partial charge is 0.226 e. The number of nitrogens with zero attached hydrogens (tertiary/aromatic N) is 1. The molecule has 0 radical (unpaired) electrons. The average molecular weight is 340 g/mol. The Morgan fingerprint density at radius 3 is 2.25 bits per heavy atom. The fourth-order valence-corrected chi connectivity index (χ4v) is 2.95. The van der Waals surface area contributed by atoms with Crippen LogP contribution >= 0.6 is 15.9 Å². The molecule has 0 spiro atoms. The highest BCUT2D eigenvalue weighted by Crippen LogP contribution is 2.18. The van der Waals surface area contributed by atoms with Crippen molar-refractivity contribution in [2.75, 3.05) is 11.9 Å². The lowest BCUT2D eigenvalue weighted by Crippen LogP contribution is -2.37. The molecule has 1 rings (SSSR count). The second kappa shape index (κ2) is 9.98. The summed E-state index contributed by atoms with van der Waals surface area (Å²) in [4.78, 5) is 14.7. The van der Waals surface area contributed by atoms with Crippen molar-refractivity contribution in [3.05, 3.63) is 35.9 Å². The fourth-order valence-electron chi connectivity index (χ4n) is 2.52. The molecule has 0 saturated heterocycles. The first-order valence-corrected chi connectivity index (χ1v) is 8.73. The topological polar surface area (TPSA) is 20.3 Å². The maximum absolute atomic E-state index is 12.7. The molecule has 0 aromatic heterocycles. The Kier molecular flexibility index (Phi) is 8.59. The molecular weight excluding hydrogens is 314 g/mol. The van der Waals surface area contributed by atoms with Gasteiger partial charge in [0, 0.05) is 24.3 Å². The van der Waals surface area contributed by atoms with Crippen LogP contribution in [0.15, 0.2) is 30.3 Å². The van der Waals surface area contributed by atoms with E-state index in [1.165, 1.54) is 5.56 Å². The van der Waals surface area contributed by atoms with Crippen molar-refractivity contribution < 1.29 is 4.79 Å². The highest BCUT2D eigenvalue weighted by molar-refractivity contribution is 9.09. The fraction of sp³-hybridized carbons (Fsp3) is 0.588. The molecule has 0 heterocycles. The van der Waals surface area contributed by atoms with Crippen molar-refractivity contribution >= 4 is 21.8 Å². The van der Waals surface area contributed by atoms with Crippen LogP contribution in [0.1, 0.15) is 45.1 Å². The third kappa shape index (κ3) is 5.66. The van der Waals surface area contributed by atoms with E-state index in [0.717, 1.165) is 44.1 Å². The zero-order chi connectivity index (χ0) is 14.8. The van der Waals surface area contributed by atoms with Gasteiger partial charge in [0.25, 0.3) is 0 Å². The Morgan fingerprint density at radius 2 is 1.75 bits per heavy atom. The third-order valence-electron chi connectivity index (χ3n) is 3.51. The van der Waals surface area contributed by atoms with Gasteiger partial charge in [0.2, 0.25) is 5.91 Å². The summed E-state index contributed by atoms with van der Waals surface area (Å²) in [6.45, 7) is 5.80. The highest BCUT2D eigenvalue weighted by atomic mass is 79.9. The normalized spacial score (nSPS) is 10.8. The maximum Gasteiger partial charge on any atom is 0.226 e. The van der Waals surface area contributed by atoms with Gasteiger partial charge < -0.3 is 4.90 Å². The van der Waals surface area contributed by atoms with E-state index in [2.05, 4.69) is 41.9 Å². The molecule has 112 valence electrons. The summed E-state index contributed by atoms with van der Waals surface area (Å²) < 4.78 is 0. The largest absolute Gasteiger partial charge is 0.337 e. The van der Waals surface area contributed by atoms with E-state index >= 15 is 0 Å². The number of carbonyl (C=O) groups is 1. The predicted octanol–water partition coefficient (Wildman–Crippen LogP) is 4.63. The Labute approximate surface area is 131 Å². The van der Waals surface area contributed by atoms with Gasteiger partial charge >= 0.3 is 0 Å². The zero-order valence-electron chi connectivity index (χ0n) is 12.6. The lowest BCUT2D eigenvalue weighted by Gasteiger charge is -2.27. The molecule has 0 aliphatic carbocycles. The average Bonchev–Trinajstić information content (AvgIpc) is 2.47. The summed E-state index contributed by atoms with van der Waals surface area (Å²) in [5, 5.41) is 0.830. The molecule has 1 amide bonds. The van der Waals surface area contributed by atoms with Gasteiger partial charge in [-0.15, -0.1) is 0 Å². The Morgan fingerprint density at radius 1 is 1.15 bits per heavy atom. The van der Waals surface area contributed by atoms with Crippen LogP contribution in [0.4, 0.5) is 0 Å². The summed E-state index contributed by atoms with van der Waals surface area (Å²) in [6, 6.07) is 10.2. The van der Waals surface area contributed by atoms with E-state index in [4.69, 9.17) is 0 Å². The van der Waals surface area contributed by atoms with Gasteiger partial charge in [-0.3, -0.25) is 4.79 Å². The van der Waals surface area contributed by atoms with Crippen molar-refractivity contribution in [2.24, 2.45) is 5.92 Å². The monoisotopic (exact) mass is 339 g/mol. The quantitative estimate of drug-likeness (QED) is 0.601. The van der Waals surface area contributed by atoms with Gasteiger partial charge in [-0.25, -0.2) is 0 Å². The molecule has 0 unspecified atom stereocenters. The maximum atomic E-state index is 12.7. The van der Waals surface area contributed by atoms with E-state index in [1.807, 2.05) is 23.1 Å². The molecule has 0 saturated carbocycles. The zero-order valence-corrected chi connectivity index (χ0v) is 14.2. The molecule has 0 fully saturated rings. The Balaban J connectivity index is 2.74. The molecule has 20 heavy (non-hydrogen) atoms. The van der Waals surface area contributed by atoms with Crippen LogP contribution in [0.3, 0.4) is 0 Å². The van der Waals surface area contributed by atoms with E-state index in [1.54, 1.807) is 0 Å². The van der Waals surface area contributed by atoms with Crippen LogP contribution in [0.5, 0.6) is 0 Å². The summed E-state index contributed by atoms with van der Waals surface area (Å²) in [6.07, 6.45) is 4.15. The predicted molar refractivity (Wildman–Crippen MR) is 89.0 cm³/mol. The lowest BCUT2D eigenvalue weighted by atomic mass is 9.96. The number of halogens is 1. The minimum atomic E-state index is 0.188. The van der Waals surface area contributed by atoms with Gasteiger partial charge in [-0.05, 0) is 18.4 Å². The second-order valence-corrected chi connectivity index (χ2v) is 6.00. The van der Waals surface area contributed by atoms with E-state index < -0.39 is 0 Å². The Hall–Kier alpha value is -0.830. The van der Waals surface area contributed by atoms with Crippen molar-refractivity contribution in [3.8, 4) is 0 Å². The van der Waals surface area contributed by atoms with E-state index in [-0.39, 0.29) is 5.92 Å². The van der Waals surface area contributed by atoms with Crippen LogP contribution in [-0.2, 0) is 11.3 Å². The molecule has 0 aliphatic rings. The number of rotatable bonds is 9.